The van der Waals surface area contributed by atoms with Gasteiger partial charge in [0.1, 0.15) is 5.75 Å². The first-order chi connectivity index (χ1) is 23.7. The number of aliphatic hydroxyl groups excluding tert-OH is 1. The lowest BCUT2D eigenvalue weighted by molar-refractivity contribution is -0.129. The number of piperidine rings is 2. The smallest absolute Gasteiger partial charge is 0.219 e. The van der Waals surface area contributed by atoms with Crippen LogP contribution in [0.4, 0.5) is 0 Å². The molecule has 0 aliphatic carbocycles. The minimum Gasteiger partial charge on any atom is -0.496 e. The Bertz CT molecular complexity index is 1800. The molecule has 4 heterocycles. The van der Waals surface area contributed by atoms with Gasteiger partial charge in [0, 0.05) is 85.3 Å². The van der Waals surface area contributed by atoms with E-state index in [0.29, 0.717) is 53.0 Å². The first-order valence-corrected chi connectivity index (χ1v) is 17.6. The van der Waals surface area contributed by atoms with Crippen LogP contribution in [0, 0.1) is 0 Å². The van der Waals surface area contributed by atoms with E-state index < -0.39 is 0 Å². The first-order valence-electron chi connectivity index (χ1n) is 16.8. The first kappa shape index (κ1) is 35.1. The molecule has 4 aromatic rings. The summed E-state index contributed by atoms with van der Waals surface area (Å²) in [6.45, 7) is 6.08. The van der Waals surface area contributed by atoms with Crippen LogP contribution in [0.15, 0.2) is 60.8 Å². The van der Waals surface area contributed by atoms with Crippen LogP contribution in [0.25, 0.3) is 33.6 Å². The molecule has 2 aromatic heterocycles. The van der Waals surface area contributed by atoms with Crippen molar-refractivity contribution in [1.82, 2.24) is 25.1 Å². The molecular weight excluding hydrogens is 661 g/mol. The van der Waals surface area contributed by atoms with E-state index >= 15 is 0 Å². The zero-order valence-corrected chi connectivity index (χ0v) is 29.7. The standard InChI is InChI=1S/C38H43Cl2N5O4/c1-24(46)45-18-14-28(15-19-45)42-21-26-11-12-33(43-38(26)49-3)32-8-4-7-30(35(32)39)31-13-16-41-37(36(31)40)25-9-10-27(34(20-25)48-2)22-44-17-5-6-29(47)23-44/h4,7-13,16,20,28-29,42,47H,5-6,14-15,17-19,21-23H2,1-3H3. The van der Waals surface area contributed by atoms with Crippen LogP contribution in [-0.4, -0.2) is 83.3 Å². The fraction of sp³-hybridized carbons (Fsp3) is 0.395. The third-order valence-corrected chi connectivity index (χ3v) is 10.3. The van der Waals surface area contributed by atoms with Gasteiger partial charge in [0.15, 0.2) is 0 Å². The van der Waals surface area contributed by atoms with E-state index in [4.69, 9.17) is 37.7 Å². The van der Waals surface area contributed by atoms with Gasteiger partial charge in [-0.3, -0.25) is 14.7 Å². The van der Waals surface area contributed by atoms with Gasteiger partial charge in [-0.25, -0.2) is 4.98 Å². The van der Waals surface area contributed by atoms with E-state index in [0.717, 1.165) is 84.4 Å². The number of hydrogen-bond acceptors (Lipinski definition) is 8. The number of amides is 1. The Labute approximate surface area is 298 Å². The second-order valence-corrected chi connectivity index (χ2v) is 13.5. The highest BCUT2D eigenvalue weighted by molar-refractivity contribution is 6.39. The van der Waals surface area contributed by atoms with Gasteiger partial charge < -0.3 is 24.8 Å². The van der Waals surface area contributed by atoms with Crippen molar-refractivity contribution in [2.75, 3.05) is 40.4 Å². The van der Waals surface area contributed by atoms with Crippen LogP contribution in [0.1, 0.15) is 43.7 Å². The molecule has 2 aromatic carbocycles. The zero-order valence-electron chi connectivity index (χ0n) is 28.2. The fourth-order valence-electron chi connectivity index (χ4n) is 6.81. The van der Waals surface area contributed by atoms with E-state index in [1.807, 2.05) is 59.5 Å². The molecule has 1 atom stereocenters. The summed E-state index contributed by atoms with van der Waals surface area (Å²) in [5, 5.41) is 14.7. The van der Waals surface area contributed by atoms with Gasteiger partial charge >= 0.3 is 0 Å². The van der Waals surface area contributed by atoms with Crippen molar-refractivity contribution in [3.8, 4) is 45.3 Å². The van der Waals surface area contributed by atoms with Crippen molar-refractivity contribution < 1.29 is 19.4 Å². The number of nitrogens with zero attached hydrogens (tertiary/aromatic N) is 4. The van der Waals surface area contributed by atoms with Crippen molar-refractivity contribution in [3.05, 3.63) is 82.0 Å². The fourth-order valence-corrected chi connectivity index (χ4v) is 7.46. The van der Waals surface area contributed by atoms with Crippen LogP contribution < -0.4 is 14.8 Å². The van der Waals surface area contributed by atoms with Crippen LogP contribution >= 0.6 is 23.2 Å². The number of carbonyl (C=O) groups is 1. The number of methoxy groups -OCH3 is 2. The lowest BCUT2D eigenvalue weighted by atomic mass is 9.99. The molecule has 0 spiro atoms. The number of ether oxygens (including phenoxy) is 2. The summed E-state index contributed by atoms with van der Waals surface area (Å²) in [6, 6.07) is 18.0. The third-order valence-electron chi connectivity index (χ3n) is 9.54. The summed E-state index contributed by atoms with van der Waals surface area (Å²) >= 11 is 14.2. The molecular formula is C38H43Cl2N5O4. The third kappa shape index (κ3) is 8.03. The molecule has 2 N–H and O–H groups in total. The van der Waals surface area contributed by atoms with Gasteiger partial charge in [-0.2, -0.15) is 0 Å². The van der Waals surface area contributed by atoms with Crippen LogP contribution in [0.5, 0.6) is 11.6 Å². The number of benzene rings is 2. The Balaban J connectivity index is 1.22. The number of aromatic nitrogens is 2. The molecule has 2 saturated heterocycles. The van der Waals surface area contributed by atoms with Crippen LogP contribution in [-0.2, 0) is 17.9 Å². The molecule has 49 heavy (non-hydrogen) atoms. The SMILES string of the molecule is COc1cc(-c2nccc(-c3cccc(-c4ccc(CNC5CCN(C(C)=O)CC5)c(OC)n4)c3Cl)c2Cl)ccc1CN1CCCC(O)C1. The minimum absolute atomic E-state index is 0.131. The summed E-state index contributed by atoms with van der Waals surface area (Å²) in [4.78, 5) is 25.3. The van der Waals surface area contributed by atoms with E-state index in [2.05, 4.69) is 15.2 Å². The molecule has 0 radical (unpaired) electrons. The Kier molecular flexibility index (Phi) is 11.4. The molecule has 11 heteroatoms. The number of aliphatic hydroxyl groups is 1. The second-order valence-electron chi connectivity index (χ2n) is 12.8. The molecule has 0 bridgehead atoms. The molecule has 2 aliphatic rings. The second kappa shape index (κ2) is 15.9. The largest absolute Gasteiger partial charge is 0.496 e. The number of halogens is 2. The molecule has 2 fully saturated rings. The quantitative estimate of drug-likeness (QED) is 0.185. The van der Waals surface area contributed by atoms with E-state index in [1.165, 1.54) is 0 Å². The number of rotatable bonds is 10. The monoisotopic (exact) mass is 703 g/mol. The molecule has 2 aliphatic heterocycles. The summed E-state index contributed by atoms with van der Waals surface area (Å²) < 4.78 is 11.5. The maximum absolute atomic E-state index is 11.7. The predicted molar refractivity (Wildman–Crippen MR) is 194 cm³/mol. The van der Waals surface area contributed by atoms with Gasteiger partial charge in [-0.15, -0.1) is 0 Å². The highest BCUT2D eigenvalue weighted by Gasteiger charge is 2.23. The average Bonchev–Trinajstić information content (AvgIpc) is 3.11. The predicted octanol–water partition coefficient (Wildman–Crippen LogP) is 6.86. The van der Waals surface area contributed by atoms with Crippen molar-refractivity contribution in [1.29, 1.82) is 0 Å². The van der Waals surface area contributed by atoms with Gasteiger partial charge in [0.2, 0.25) is 11.8 Å². The number of hydrogen-bond donors (Lipinski definition) is 2. The Morgan fingerprint density at radius 1 is 0.939 bits per heavy atom. The molecule has 1 unspecified atom stereocenters. The van der Waals surface area contributed by atoms with Crippen molar-refractivity contribution in [2.45, 2.75) is 57.8 Å². The van der Waals surface area contributed by atoms with E-state index in [1.54, 1.807) is 27.3 Å². The highest BCUT2D eigenvalue weighted by atomic mass is 35.5. The molecule has 258 valence electrons. The molecule has 9 nitrogen and oxygen atoms in total. The number of nitrogens with one attached hydrogen (secondary N) is 1. The normalized spacial score (nSPS) is 17.3. The highest BCUT2D eigenvalue weighted by Crippen LogP contribution is 2.42. The van der Waals surface area contributed by atoms with Crippen molar-refractivity contribution in [3.63, 3.8) is 0 Å². The Morgan fingerprint density at radius 3 is 2.43 bits per heavy atom. The summed E-state index contributed by atoms with van der Waals surface area (Å²) in [5.41, 5.74) is 6.43. The number of likely N-dealkylation sites (tertiary alicyclic amines) is 2. The van der Waals surface area contributed by atoms with Gasteiger partial charge in [-0.1, -0.05) is 59.6 Å². The molecule has 1 amide bonds. The minimum atomic E-state index is -0.288. The Morgan fingerprint density at radius 2 is 1.69 bits per heavy atom. The zero-order chi connectivity index (χ0) is 34.5. The number of pyridine rings is 2. The van der Waals surface area contributed by atoms with E-state index in [-0.39, 0.29) is 12.0 Å². The van der Waals surface area contributed by atoms with Gasteiger partial charge in [0.05, 0.1) is 41.8 Å². The maximum Gasteiger partial charge on any atom is 0.219 e. The maximum atomic E-state index is 11.7. The molecule has 0 saturated carbocycles. The van der Waals surface area contributed by atoms with Gasteiger partial charge in [0.25, 0.3) is 0 Å². The summed E-state index contributed by atoms with van der Waals surface area (Å²) in [7, 11) is 3.29. The van der Waals surface area contributed by atoms with E-state index in [9.17, 15) is 9.90 Å². The van der Waals surface area contributed by atoms with Crippen molar-refractivity contribution >= 4 is 29.1 Å². The number of carbonyl (C=O) groups excluding carboxylic acids is 1. The lowest BCUT2D eigenvalue weighted by Gasteiger charge is -2.31. The lowest BCUT2D eigenvalue weighted by Crippen LogP contribution is -2.44. The van der Waals surface area contributed by atoms with Crippen LogP contribution in [0.2, 0.25) is 10.0 Å². The molecule has 6 rings (SSSR count). The van der Waals surface area contributed by atoms with Crippen LogP contribution in [0.3, 0.4) is 0 Å². The average molecular weight is 705 g/mol. The summed E-state index contributed by atoms with van der Waals surface area (Å²) in [6.07, 6.45) is 5.11. The summed E-state index contributed by atoms with van der Waals surface area (Å²) in [5.74, 6) is 1.41. The van der Waals surface area contributed by atoms with Gasteiger partial charge in [-0.05, 0) is 50.4 Å². The number of β-amino-alcohol motifs (C(OH)–C–C–N with tert-alkyl or cyclic N) is 1. The van der Waals surface area contributed by atoms with Crippen molar-refractivity contribution in [2.24, 2.45) is 0 Å². The topological polar surface area (TPSA) is 100 Å². The Hall–Kier alpha value is -3.73.